The van der Waals surface area contributed by atoms with Gasteiger partial charge in [0.2, 0.25) is 6.79 Å². The summed E-state index contributed by atoms with van der Waals surface area (Å²) in [5.74, 6) is -1.11. The lowest BCUT2D eigenvalue weighted by Crippen LogP contribution is -2.37. The van der Waals surface area contributed by atoms with Crippen molar-refractivity contribution in [1.82, 2.24) is 10.7 Å². The Kier molecular flexibility index (Phi) is 8.29. The summed E-state index contributed by atoms with van der Waals surface area (Å²) in [5.41, 5.74) is 2.40. The summed E-state index contributed by atoms with van der Waals surface area (Å²) in [4.78, 5) is 36.1. The number of hydrazone groups is 1. The molecule has 202 valence electrons. The number of alkyl halides is 3. The Hall–Kier alpha value is -5.07. The number of nitrogens with one attached hydrogen (secondary N) is 3. The van der Waals surface area contributed by atoms with Gasteiger partial charge in [0.05, 0.1) is 11.8 Å². The van der Waals surface area contributed by atoms with Crippen molar-refractivity contribution in [3.8, 4) is 17.2 Å². The van der Waals surface area contributed by atoms with Crippen molar-refractivity contribution in [1.29, 1.82) is 0 Å². The Labute approximate surface area is 219 Å². The molecule has 0 radical (unpaired) electrons. The zero-order chi connectivity index (χ0) is 27.8. The maximum atomic E-state index is 12.8. The molecule has 0 spiro atoms. The summed E-state index contributed by atoms with van der Waals surface area (Å²) < 4.78 is 54.3. The number of hydrogen-bond donors (Lipinski definition) is 3. The Bertz CT molecular complexity index is 1410. The minimum absolute atomic E-state index is 0.0185. The minimum Gasteiger partial charge on any atom is -0.484 e. The van der Waals surface area contributed by atoms with Crippen molar-refractivity contribution in [2.75, 3.05) is 18.7 Å². The van der Waals surface area contributed by atoms with Crippen LogP contribution in [0.4, 0.5) is 18.9 Å². The number of hydrogen-bond acceptors (Lipinski definition) is 7. The van der Waals surface area contributed by atoms with Gasteiger partial charge in [-0.3, -0.25) is 14.4 Å². The van der Waals surface area contributed by atoms with Crippen LogP contribution in [0.15, 0.2) is 71.8 Å². The third-order valence-corrected chi connectivity index (χ3v) is 5.18. The average Bonchev–Trinajstić information content (AvgIpc) is 3.38. The van der Waals surface area contributed by atoms with Gasteiger partial charge in [-0.05, 0) is 53.6 Å². The van der Waals surface area contributed by atoms with E-state index in [2.05, 4.69) is 21.2 Å². The molecule has 0 aromatic heterocycles. The van der Waals surface area contributed by atoms with Crippen LogP contribution in [0.5, 0.6) is 17.2 Å². The monoisotopic (exact) mass is 542 g/mol. The van der Waals surface area contributed by atoms with Gasteiger partial charge in [0.25, 0.3) is 5.91 Å². The first-order valence-electron chi connectivity index (χ1n) is 11.4. The van der Waals surface area contributed by atoms with Gasteiger partial charge < -0.3 is 24.8 Å². The highest BCUT2D eigenvalue weighted by Crippen LogP contribution is 2.32. The van der Waals surface area contributed by atoms with Crippen LogP contribution in [0.25, 0.3) is 0 Å². The van der Waals surface area contributed by atoms with Gasteiger partial charge in [0, 0.05) is 12.2 Å². The molecule has 0 saturated heterocycles. The van der Waals surface area contributed by atoms with Crippen molar-refractivity contribution < 1.29 is 41.8 Å². The van der Waals surface area contributed by atoms with Crippen LogP contribution in [-0.2, 0) is 27.1 Å². The number of carbonyl (C=O) groups is 3. The molecule has 0 saturated carbocycles. The van der Waals surface area contributed by atoms with E-state index in [-0.39, 0.29) is 24.8 Å². The second-order valence-corrected chi connectivity index (χ2v) is 8.06. The van der Waals surface area contributed by atoms with Crippen molar-refractivity contribution in [3.63, 3.8) is 0 Å². The van der Waals surface area contributed by atoms with E-state index in [0.717, 1.165) is 12.1 Å². The van der Waals surface area contributed by atoms with Crippen LogP contribution < -0.4 is 30.3 Å². The van der Waals surface area contributed by atoms with E-state index in [1.54, 1.807) is 36.4 Å². The normalized spacial score (nSPS) is 12.2. The summed E-state index contributed by atoms with van der Waals surface area (Å²) in [6.45, 7) is -0.246. The van der Waals surface area contributed by atoms with Crippen LogP contribution in [0.2, 0.25) is 0 Å². The average molecular weight is 542 g/mol. The van der Waals surface area contributed by atoms with E-state index in [1.165, 1.54) is 24.4 Å². The standard InChI is InChI=1S/C26H21F3N4O6/c27-26(28,29)18-4-2-5-19(11-18)32-23(34)14-37-20-6-1-3-16(9-20)13-31-33-25(36)24(35)30-12-17-7-8-21-22(10-17)39-15-38-21/h1-11,13H,12,14-15H2,(H,30,35)(H,32,34)(H,33,36)/b31-13-. The van der Waals surface area contributed by atoms with E-state index in [1.807, 2.05) is 0 Å². The number of ether oxygens (including phenoxy) is 3. The second-order valence-electron chi connectivity index (χ2n) is 8.06. The third kappa shape index (κ3) is 7.71. The molecule has 1 aliphatic heterocycles. The predicted molar refractivity (Wildman–Crippen MR) is 132 cm³/mol. The highest BCUT2D eigenvalue weighted by atomic mass is 19.4. The van der Waals surface area contributed by atoms with Gasteiger partial charge in [-0.1, -0.05) is 24.3 Å². The number of amides is 3. The minimum atomic E-state index is -4.53. The molecule has 39 heavy (non-hydrogen) atoms. The molecule has 3 amide bonds. The van der Waals surface area contributed by atoms with Gasteiger partial charge in [-0.15, -0.1) is 0 Å². The Morgan fingerprint density at radius 2 is 1.74 bits per heavy atom. The fourth-order valence-electron chi connectivity index (χ4n) is 3.33. The van der Waals surface area contributed by atoms with Crippen LogP contribution >= 0.6 is 0 Å². The molecule has 10 nitrogen and oxygen atoms in total. The van der Waals surface area contributed by atoms with Gasteiger partial charge in [-0.2, -0.15) is 18.3 Å². The molecule has 1 aliphatic rings. The maximum absolute atomic E-state index is 12.8. The Balaban J connectivity index is 1.22. The van der Waals surface area contributed by atoms with Gasteiger partial charge in [0.15, 0.2) is 18.1 Å². The van der Waals surface area contributed by atoms with Crippen LogP contribution in [-0.4, -0.2) is 37.3 Å². The van der Waals surface area contributed by atoms with E-state index >= 15 is 0 Å². The first-order valence-corrected chi connectivity index (χ1v) is 11.4. The summed E-state index contributed by atoms with van der Waals surface area (Å²) in [6, 6.07) is 15.7. The van der Waals surface area contributed by atoms with Gasteiger partial charge in [-0.25, -0.2) is 5.43 Å². The zero-order valence-corrected chi connectivity index (χ0v) is 20.1. The number of anilines is 1. The van der Waals surface area contributed by atoms with Crippen molar-refractivity contribution >= 4 is 29.6 Å². The molecular weight excluding hydrogens is 521 g/mol. The first kappa shape index (κ1) is 27.0. The fraction of sp³-hybridized carbons (Fsp3) is 0.154. The summed E-state index contributed by atoms with van der Waals surface area (Å²) >= 11 is 0. The molecule has 0 unspecified atom stereocenters. The fourth-order valence-corrected chi connectivity index (χ4v) is 3.33. The number of benzene rings is 3. The number of fused-ring (bicyclic) bond motifs is 1. The predicted octanol–water partition coefficient (Wildman–Crippen LogP) is 3.22. The summed E-state index contributed by atoms with van der Waals surface area (Å²) in [7, 11) is 0. The lowest BCUT2D eigenvalue weighted by molar-refractivity contribution is -0.139. The van der Waals surface area contributed by atoms with Gasteiger partial charge in [0.1, 0.15) is 5.75 Å². The second kappa shape index (κ2) is 12.0. The number of nitrogens with zero attached hydrogens (tertiary/aromatic N) is 1. The van der Waals surface area contributed by atoms with E-state index < -0.39 is 36.1 Å². The summed E-state index contributed by atoms with van der Waals surface area (Å²) in [6.07, 6.45) is -3.27. The SMILES string of the molecule is O=C(COc1cccc(/C=N\NC(=O)C(=O)NCc2ccc3c(c2)OCO3)c1)Nc1cccc(C(F)(F)F)c1. The van der Waals surface area contributed by atoms with E-state index in [0.29, 0.717) is 22.6 Å². The maximum Gasteiger partial charge on any atom is 0.416 e. The number of rotatable bonds is 8. The largest absolute Gasteiger partial charge is 0.484 e. The van der Waals surface area contributed by atoms with Crippen molar-refractivity contribution in [3.05, 3.63) is 83.4 Å². The quantitative estimate of drug-likeness (QED) is 0.228. The van der Waals surface area contributed by atoms with Crippen LogP contribution in [0, 0.1) is 0 Å². The highest BCUT2D eigenvalue weighted by Gasteiger charge is 2.30. The lowest BCUT2D eigenvalue weighted by atomic mass is 10.2. The van der Waals surface area contributed by atoms with Crippen molar-refractivity contribution in [2.24, 2.45) is 5.10 Å². The molecule has 1 heterocycles. The first-order chi connectivity index (χ1) is 18.7. The van der Waals surface area contributed by atoms with Gasteiger partial charge >= 0.3 is 18.0 Å². The molecule has 0 atom stereocenters. The number of halogens is 3. The lowest BCUT2D eigenvalue weighted by Gasteiger charge is -2.10. The van der Waals surface area contributed by atoms with Crippen molar-refractivity contribution in [2.45, 2.75) is 12.7 Å². The molecule has 0 aliphatic carbocycles. The molecule has 4 rings (SSSR count). The Morgan fingerprint density at radius 1 is 0.949 bits per heavy atom. The topological polar surface area (TPSA) is 127 Å². The molecule has 3 aromatic rings. The summed E-state index contributed by atoms with van der Waals surface area (Å²) in [5, 5.41) is 8.55. The highest BCUT2D eigenvalue weighted by molar-refractivity contribution is 6.35. The van der Waals surface area contributed by atoms with E-state index in [4.69, 9.17) is 14.2 Å². The zero-order valence-electron chi connectivity index (χ0n) is 20.1. The molecule has 3 N–H and O–H groups in total. The molecular formula is C26H21F3N4O6. The van der Waals surface area contributed by atoms with E-state index in [9.17, 15) is 27.6 Å². The van der Waals surface area contributed by atoms with Crippen LogP contribution in [0.3, 0.4) is 0 Å². The molecule has 3 aromatic carbocycles. The number of carbonyl (C=O) groups excluding carboxylic acids is 3. The Morgan fingerprint density at radius 3 is 2.56 bits per heavy atom. The smallest absolute Gasteiger partial charge is 0.416 e. The molecule has 13 heteroatoms. The third-order valence-electron chi connectivity index (χ3n) is 5.18. The molecule has 0 bridgehead atoms. The molecule has 0 fully saturated rings. The van der Waals surface area contributed by atoms with Crippen LogP contribution in [0.1, 0.15) is 16.7 Å².